The van der Waals surface area contributed by atoms with Gasteiger partial charge in [-0.3, -0.25) is 4.79 Å². The summed E-state index contributed by atoms with van der Waals surface area (Å²) in [5.41, 5.74) is 2.70. The standard InChI is InChI=1S/C16H22N6O2.C2HF3O2/c1-11-9-12(2)18-16(17-11)21-7-5-14(6-8-21)22-10-13(19-20-22)3-4-15(23)24;3-2(4,5)1(6)7/h9-10,14H,3-8H2,1-2H3,(H,23,24);(H,6,7). The lowest BCUT2D eigenvalue weighted by atomic mass is 10.1. The lowest BCUT2D eigenvalue weighted by molar-refractivity contribution is -0.192. The van der Waals surface area contributed by atoms with Gasteiger partial charge in [-0.15, -0.1) is 5.10 Å². The molecule has 0 aliphatic carbocycles. The van der Waals surface area contributed by atoms with Crippen molar-refractivity contribution in [2.24, 2.45) is 0 Å². The number of carboxylic acid groups (broad SMARTS) is 2. The fraction of sp³-hybridized carbons (Fsp3) is 0.556. The minimum atomic E-state index is -5.08. The van der Waals surface area contributed by atoms with Crippen molar-refractivity contribution in [3.8, 4) is 0 Å². The first-order valence-electron chi connectivity index (χ1n) is 9.45. The second-order valence-corrected chi connectivity index (χ2v) is 7.06. The largest absolute Gasteiger partial charge is 0.490 e. The monoisotopic (exact) mass is 444 g/mol. The maximum Gasteiger partial charge on any atom is 0.490 e. The second-order valence-electron chi connectivity index (χ2n) is 7.06. The third kappa shape index (κ3) is 7.50. The number of carboxylic acids is 2. The number of hydrogen-bond donors (Lipinski definition) is 2. The number of aryl methyl sites for hydroxylation is 3. The highest BCUT2D eigenvalue weighted by molar-refractivity contribution is 5.73. The zero-order valence-corrected chi connectivity index (χ0v) is 17.0. The van der Waals surface area contributed by atoms with Crippen molar-refractivity contribution in [3.05, 3.63) is 29.3 Å². The number of alkyl halides is 3. The van der Waals surface area contributed by atoms with Crippen LogP contribution in [-0.2, 0) is 16.0 Å². The lowest BCUT2D eigenvalue weighted by Gasteiger charge is -2.32. The molecule has 0 radical (unpaired) electrons. The normalized spacial score (nSPS) is 14.7. The number of anilines is 1. The van der Waals surface area contributed by atoms with Crippen LogP contribution in [-0.4, -0.2) is 66.4 Å². The molecule has 0 unspecified atom stereocenters. The van der Waals surface area contributed by atoms with Gasteiger partial charge in [-0.2, -0.15) is 13.2 Å². The number of halogens is 3. The summed E-state index contributed by atoms with van der Waals surface area (Å²) in [5.74, 6) is -2.77. The van der Waals surface area contributed by atoms with Crippen LogP contribution in [0.5, 0.6) is 0 Å². The molecule has 1 fully saturated rings. The van der Waals surface area contributed by atoms with Crippen molar-refractivity contribution in [1.29, 1.82) is 0 Å². The molecule has 1 aliphatic rings. The van der Waals surface area contributed by atoms with E-state index in [0.717, 1.165) is 49.0 Å². The number of aromatic nitrogens is 5. The smallest absolute Gasteiger partial charge is 0.481 e. The van der Waals surface area contributed by atoms with Crippen LogP contribution < -0.4 is 4.90 Å². The zero-order valence-electron chi connectivity index (χ0n) is 17.0. The average molecular weight is 444 g/mol. The molecular weight excluding hydrogens is 421 g/mol. The molecule has 1 aliphatic heterocycles. The molecular formula is C18H23F3N6O4. The van der Waals surface area contributed by atoms with Crippen LogP contribution in [0.15, 0.2) is 12.3 Å². The molecule has 0 atom stereocenters. The molecule has 3 rings (SSSR count). The van der Waals surface area contributed by atoms with E-state index >= 15 is 0 Å². The maximum absolute atomic E-state index is 10.6. The molecule has 13 heteroatoms. The van der Waals surface area contributed by atoms with Crippen LogP contribution in [0.4, 0.5) is 19.1 Å². The topological polar surface area (TPSA) is 134 Å². The molecule has 2 aromatic rings. The summed E-state index contributed by atoms with van der Waals surface area (Å²) in [7, 11) is 0. The van der Waals surface area contributed by atoms with Gasteiger partial charge in [0.1, 0.15) is 0 Å². The van der Waals surface area contributed by atoms with Crippen molar-refractivity contribution in [2.75, 3.05) is 18.0 Å². The summed E-state index contributed by atoms with van der Waals surface area (Å²) in [5, 5.41) is 24.1. The Morgan fingerprint density at radius 2 is 1.68 bits per heavy atom. The van der Waals surface area contributed by atoms with E-state index < -0.39 is 18.1 Å². The molecule has 2 N–H and O–H groups in total. The van der Waals surface area contributed by atoms with Gasteiger partial charge in [-0.05, 0) is 32.8 Å². The van der Waals surface area contributed by atoms with Gasteiger partial charge in [0.2, 0.25) is 5.95 Å². The van der Waals surface area contributed by atoms with Gasteiger partial charge < -0.3 is 15.1 Å². The van der Waals surface area contributed by atoms with E-state index in [0.29, 0.717) is 12.5 Å². The number of piperidine rings is 1. The Morgan fingerprint density at radius 1 is 1.13 bits per heavy atom. The lowest BCUT2D eigenvalue weighted by Crippen LogP contribution is -2.36. The SMILES string of the molecule is Cc1cc(C)nc(N2CCC(n3cc(CCC(=O)O)nn3)CC2)n1.O=C(O)C(F)(F)F. The third-order valence-corrected chi connectivity index (χ3v) is 4.49. The summed E-state index contributed by atoms with van der Waals surface area (Å²) in [6.45, 7) is 5.72. The number of nitrogens with zero attached hydrogens (tertiary/aromatic N) is 6. The molecule has 0 amide bonds. The van der Waals surface area contributed by atoms with Crippen molar-refractivity contribution < 1.29 is 33.0 Å². The van der Waals surface area contributed by atoms with E-state index in [1.807, 2.05) is 30.8 Å². The van der Waals surface area contributed by atoms with Gasteiger partial charge >= 0.3 is 18.1 Å². The Bertz CT molecular complexity index is 890. The number of rotatable bonds is 5. The highest BCUT2D eigenvalue weighted by Gasteiger charge is 2.38. The van der Waals surface area contributed by atoms with Crippen LogP contribution in [0, 0.1) is 13.8 Å². The number of hydrogen-bond acceptors (Lipinski definition) is 7. The minimum Gasteiger partial charge on any atom is -0.481 e. The molecule has 0 bridgehead atoms. The molecule has 0 aromatic carbocycles. The first-order valence-corrected chi connectivity index (χ1v) is 9.45. The van der Waals surface area contributed by atoms with E-state index in [1.165, 1.54) is 0 Å². The molecule has 10 nitrogen and oxygen atoms in total. The Balaban J connectivity index is 0.000000423. The Hall–Kier alpha value is -3.25. The number of carbonyl (C=O) groups is 2. The van der Waals surface area contributed by atoms with Gasteiger partial charge in [0.05, 0.1) is 18.2 Å². The van der Waals surface area contributed by atoms with E-state index in [4.69, 9.17) is 15.0 Å². The van der Waals surface area contributed by atoms with Gasteiger partial charge in [0.25, 0.3) is 0 Å². The van der Waals surface area contributed by atoms with Crippen molar-refractivity contribution >= 4 is 17.9 Å². The Labute approximate surface area is 175 Å². The highest BCUT2D eigenvalue weighted by Crippen LogP contribution is 2.24. The second kappa shape index (κ2) is 10.2. The Kier molecular flexibility index (Phi) is 7.89. The van der Waals surface area contributed by atoms with Crippen molar-refractivity contribution in [1.82, 2.24) is 25.0 Å². The van der Waals surface area contributed by atoms with Crippen LogP contribution in [0.2, 0.25) is 0 Å². The average Bonchev–Trinajstić information content (AvgIpc) is 3.14. The summed E-state index contributed by atoms with van der Waals surface area (Å²) in [4.78, 5) is 30.8. The fourth-order valence-corrected chi connectivity index (χ4v) is 3.02. The molecule has 31 heavy (non-hydrogen) atoms. The summed E-state index contributed by atoms with van der Waals surface area (Å²) in [6, 6.07) is 2.27. The van der Waals surface area contributed by atoms with Gasteiger partial charge in [0.15, 0.2) is 0 Å². The Morgan fingerprint density at radius 3 is 2.16 bits per heavy atom. The molecule has 170 valence electrons. The summed E-state index contributed by atoms with van der Waals surface area (Å²) in [6.07, 6.45) is -0.821. The molecule has 0 spiro atoms. The summed E-state index contributed by atoms with van der Waals surface area (Å²) < 4.78 is 33.6. The van der Waals surface area contributed by atoms with E-state index in [9.17, 15) is 18.0 Å². The van der Waals surface area contributed by atoms with E-state index in [-0.39, 0.29) is 6.42 Å². The predicted octanol–water partition coefficient (Wildman–Crippen LogP) is 2.18. The molecule has 3 heterocycles. The minimum absolute atomic E-state index is 0.0845. The van der Waals surface area contributed by atoms with Crippen molar-refractivity contribution in [2.45, 2.75) is 51.7 Å². The summed E-state index contributed by atoms with van der Waals surface area (Å²) >= 11 is 0. The number of aliphatic carboxylic acids is 2. The highest BCUT2D eigenvalue weighted by atomic mass is 19.4. The van der Waals surface area contributed by atoms with Crippen molar-refractivity contribution in [3.63, 3.8) is 0 Å². The van der Waals surface area contributed by atoms with Gasteiger partial charge in [-0.1, -0.05) is 5.21 Å². The first-order chi connectivity index (χ1) is 14.5. The van der Waals surface area contributed by atoms with Crippen LogP contribution in [0.1, 0.15) is 42.4 Å². The van der Waals surface area contributed by atoms with Crippen LogP contribution >= 0.6 is 0 Å². The van der Waals surface area contributed by atoms with E-state index in [1.54, 1.807) is 0 Å². The molecule has 2 aromatic heterocycles. The van der Waals surface area contributed by atoms with Gasteiger partial charge in [0, 0.05) is 37.1 Å². The quantitative estimate of drug-likeness (QED) is 0.711. The van der Waals surface area contributed by atoms with Gasteiger partial charge in [-0.25, -0.2) is 19.4 Å². The first kappa shape index (κ1) is 24.0. The van der Waals surface area contributed by atoms with Crippen LogP contribution in [0.25, 0.3) is 0 Å². The molecule has 1 saturated heterocycles. The fourth-order valence-electron chi connectivity index (χ4n) is 3.02. The zero-order chi connectivity index (χ0) is 23.2. The molecule has 0 saturated carbocycles. The van der Waals surface area contributed by atoms with E-state index in [2.05, 4.69) is 25.2 Å². The maximum atomic E-state index is 10.6. The van der Waals surface area contributed by atoms with Crippen LogP contribution in [0.3, 0.4) is 0 Å². The predicted molar refractivity (Wildman–Crippen MR) is 102 cm³/mol. The third-order valence-electron chi connectivity index (χ3n) is 4.49.